The Morgan fingerprint density at radius 2 is 1.96 bits per heavy atom. The lowest BCUT2D eigenvalue weighted by Crippen LogP contribution is -2.53. The number of carbonyl (C=O) groups is 2. The van der Waals surface area contributed by atoms with Gasteiger partial charge < -0.3 is 14.7 Å². The van der Waals surface area contributed by atoms with E-state index in [2.05, 4.69) is 36.2 Å². The third-order valence-corrected chi connectivity index (χ3v) is 5.12. The topological polar surface area (TPSA) is 56.8 Å². The van der Waals surface area contributed by atoms with Gasteiger partial charge in [0.15, 0.2) is 0 Å². The molecule has 26 heavy (non-hydrogen) atoms. The van der Waals surface area contributed by atoms with Crippen LogP contribution in [0.15, 0.2) is 48.8 Å². The molecule has 2 aliphatic heterocycles. The van der Waals surface area contributed by atoms with E-state index in [1.807, 2.05) is 14.7 Å². The summed E-state index contributed by atoms with van der Waals surface area (Å²) in [4.78, 5) is 35.0. The van der Waals surface area contributed by atoms with Gasteiger partial charge in [0.05, 0.1) is 11.6 Å². The van der Waals surface area contributed by atoms with Crippen molar-refractivity contribution in [2.75, 3.05) is 26.2 Å². The van der Waals surface area contributed by atoms with Crippen LogP contribution in [-0.2, 0) is 6.54 Å². The number of amides is 3. The number of aryl methyl sites for hydroxylation is 1. The highest BCUT2D eigenvalue weighted by Gasteiger charge is 2.41. The van der Waals surface area contributed by atoms with Crippen molar-refractivity contribution >= 4 is 11.9 Å². The summed E-state index contributed by atoms with van der Waals surface area (Å²) in [6.07, 6.45) is 3.26. The van der Waals surface area contributed by atoms with Gasteiger partial charge in [0, 0.05) is 45.1 Å². The van der Waals surface area contributed by atoms with Crippen molar-refractivity contribution < 1.29 is 9.59 Å². The molecule has 2 aromatic rings. The van der Waals surface area contributed by atoms with Gasteiger partial charge in [-0.05, 0) is 24.6 Å². The van der Waals surface area contributed by atoms with E-state index in [0.717, 1.165) is 5.56 Å². The normalized spacial score (nSPS) is 19.7. The maximum absolute atomic E-state index is 12.7. The van der Waals surface area contributed by atoms with Crippen LogP contribution < -0.4 is 0 Å². The Bertz CT molecular complexity index is 806. The number of hydrogen-bond acceptors (Lipinski definition) is 3. The van der Waals surface area contributed by atoms with Gasteiger partial charge in [-0.1, -0.05) is 29.8 Å². The quantitative estimate of drug-likeness (QED) is 0.852. The first-order valence-electron chi connectivity index (χ1n) is 8.92. The molecule has 0 bridgehead atoms. The Kier molecular flexibility index (Phi) is 4.32. The van der Waals surface area contributed by atoms with E-state index < -0.39 is 0 Å². The second-order valence-corrected chi connectivity index (χ2v) is 6.99. The molecule has 0 radical (unpaired) electrons. The molecule has 0 spiro atoms. The Labute approximate surface area is 153 Å². The standard InChI is InChI=1S/C20H22N4O2/c1-15-4-6-16(7-5-15)12-23-14-18-13-22(9-10-24(18)20(23)26)19(25)17-3-2-8-21-11-17/h2-8,11,18H,9-10,12-14H2,1H3/t18-/m1/s1. The maximum atomic E-state index is 12.7. The Hall–Kier alpha value is -2.89. The average Bonchev–Trinajstić information content (AvgIpc) is 2.98. The van der Waals surface area contributed by atoms with Gasteiger partial charge in [-0.15, -0.1) is 0 Å². The van der Waals surface area contributed by atoms with Crippen LogP contribution in [0, 0.1) is 6.92 Å². The highest BCUT2D eigenvalue weighted by molar-refractivity contribution is 5.94. The molecule has 134 valence electrons. The molecule has 1 aromatic heterocycles. The van der Waals surface area contributed by atoms with E-state index in [4.69, 9.17) is 0 Å². The average molecular weight is 350 g/mol. The van der Waals surface area contributed by atoms with Gasteiger partial charge >= 0.3 is 6.03 Å². The first-order valence-corrected chi connectivity index (χ1v) is 8.92. The number of rotatable bonds is 3. The van der Waals surface area contributed by atoms with E-state index >= 15 is 0 Å². The minimum atomic E-state index is -0.0119. The molecule has 2 saturated heterocycles. The molecular weight excluding hydrogens is 328 g/mol. The van der Waals surface area contributed by atoms with Crippen molar-refractivity contribution in [3.8, 4) is 0 Å². The van der Waals surface area contributed by atoms with Crippen LogP contribution in [0.3, 0.4) is 0 Å². The van der Waals surface area contributed by atoms with Gasteiger partial charge in [-0.3, -0.25) is 9.78 Å². The number of carbonyl (C=O) groups excluding carboxylic acids is 2. The number of aromatic nitrogens is 1. The highest BCUT2D eigenvalue weighted by atomic mass is 16.2. The van der Waals surface area contributed by atoms with Crippen molar-refractivity contribution in [3.63, 3.8) is 0 Å². The fourth-order valence-corrected chi connectivity index (χ4v) is 3.68. The lowest BCUT2D eigenvalue weighted by Gasteiger charge is -2.36. The van der Waals surface area contributed by atoms with Crippen LogP contribution >= 0.6 is 0 Å². The van der Waals surface area contributed by atoms with E-state index in [9.17, 15) is 9.59 Å². The highest BCUT2D eigenvalue weighted by Crippen LogP contribution is 2.23. The molecule has 0 saturated carbocycles. The number of pyridine rings is 1. The Balaban J connectivity index is 1.43. The predicted molar refractivity (Wildman–Crippen MR) is 97.6 cm³/mol. The first kappa shape index (κ1) is 16.6. The summed E-state index contributed by atoms with van der Waals surface area (Å²) < 4.78 is 0. The fraction of sp³-hybridized carbons (Fsp3) is 0.350. The number of hydrogen-bond donors (Lipinski definition) is 0. The number of fused-ring (bicyclic) bond motifs is 1. The molecule has 6 nitrogen and oxygen atoms in total. The van der Waals surface area contributed by atoms with Crippen LogP contribution in [0.1, 0.15) is 21.5 Å². The summed E-state index contributed by atoms with van der Waals surface area (Å²) in [6.45, 7) is 5.04. The second kappa shape index (κ2) is 6.78. The molecule has 3 amide bonds. The molecule has 0 unspecified atom stereocenters. The molecular formula is C20H22N4O2. The van der Waals surface area contributed by atoms with Crippen LogP contribution in [0.4, 0.5) is 4.79 Å². The predicted octanol–water partition coefficient (Wildman–Crippen LogP) is 2.15. The molecule has 0 aliphatic carbocycles. The van der Waals surface area contributed by atoms with E-state index in [1.165, 1.54) is 5.56 Å². The summed E-state index contributed by atoms with van der Waals surface area (Å²) in [7, 11) is 0. The zero-order chi connectivity index (χ0) is 18.1. The van der Waals surface area contributed by atoms with Crippen LogP contribution in [0.2, 0.25) is 0 Å². The van der Waals surface area contributed by atoms with Gasteiger partial charge in [0.2, 0.25) is 0 Å². The lowest BCUT2D eigenvalue weighted by atomic mass is 10.1. The summed E-state index contributed by atoms with van der Waals surface area (Å²) in [5.74, 6) is -0.0119. The van der Waals surface area contributed by atoms with Gasteiger partial charge in [0.1, 0.15) is 0 Å². The zero-order valence-electron chi connectivity index (χ0n) is 14.8. The maximum Gasteiger partial charge on any atom is 0.320 e. The minimum absolute atomic E-state index is 0.0119. The third-order valence-electron chi connectivity index (χ3n) is 5.12. The van der Waals surface area contributed by atoms with Crippen molar-refractivity contribution in [1.29, 1.82) is 0 Å². The summed E-state index contributed by atoms with van der Waals surface area (Å²) in [6, 6.07) is 12.0. The molecule has 2 aliphatic rings. The molecule has 3 heterocycles. The van der Waals surface area contributed by atoms with Gasteiger partial charge in [-0.2, -0.15) is 0 Å². The third kappa shape index (κ3) is 3.14. The van der Waals surface area contributed by atoms with Crippen molar-refractivity contribution in [1.82, 2.24) is 19.7 Å². The van der Waals surface area contributed by atoms with Gasteiger partial charge in [0.25, 0.3) is 5.91 Å². The molecule has 4 rings (SSSR count). The molecule has 6 heteroatoms. The fourth-order valence-electron chi connectivity index (χ4n) is 3.68. The van der Waals surface area contributed by atoms with Gasteiger partial charge in [-0.25, -0.2) is 4.79 Å². The lowest BCUT2D eigenvalue weighted by molar-refractivity contribution is 0.0616. The van der Waals surface area contributed by atoms with Crippen molar-refractivity contribution in [2.45, 2.75) is 19.5 Å². The number of urea groups is 1. The van der Waals surface area contributed by atoms with Crippen LogP contribution in [0.5, 0.6) is 0 Å². The van der Waals surface area contributed by atoms with Crippen LogP contribution in [0.25, 0.3) is 0 Å². The van der Waals surface area contributed by atoms with Crippen molar-refractivity contribution in [2.24, 2.45) is 0 Å². The van der Waals surface area contributed by atoms with Crippen LogP contribution in [-0.4, -0.2) is 63.8 Å². The molecule has 0 N–H and O–H groups in total. The summed E-state index contributed by atoms with van der Waals surface area (Å²) in [5, 5.41) is 0. The number of piperazine rings is 1. The van der Waals surface area contributed by atoms with E-state index in [-0.39, 0.29) is 18.0 Å². The van der Waals surface area contributed by atoms with E-state index in [1.54, 1.807) is 24.5 Å². The smallest absolute Gasteiger partial charge is 0.320 e. The first-order chi connectivity index (χ1) is 12.6. The largest absolute Gasteiger partial charge is 0.335 e. The Morgan fingerprint density at radius 3 is 2.69 bits per heavy atom. The van der Waals surface area contributed by atoms with Crippen molar-refractivity contribution in [3.05, 3.63) is 65.5 Å². The molecule has 1 atom stereocenters. The zero-order valence-corrected chi connectivity index (χ0v) is 14.8. The minimum Gasteiger partial charge on any atom is -0.335 e. The molecule has 2 fully saturated rings. The SMILES string of the molecule is Cc1ccc(CN2C[C@H]3CN(C(=O)c4cccnc4)CCN3C2=O)cc1. The Morgan fingerprint density at radius 1 is 1.15 bits per heavy atom. The summed E-state index contributed by atoms with van der Waals surface area (Å²) >= 11 is 0. The summed E-state index contributed by atoms with van der Waals surface area (Å²) in [5.41, 5.74) is 2.94. The number of nitrogens with zero attached hydrogens (tertiary/aromatic N) is 4. The second-order valence-electron chi connectivity index (χ2n) is 6.99. The monoisotopic (exact) mass is 350 g/mol. The van der Waals surface area contributed by atoms with E-state index in [0.29, 0.717) is 38.3 Å². The molecule has 1 aromatic carbocycles. The number of benzene rings is 1.